The first-order valence-corrected chi connectivity index (χ1v) is 8.63. The van der Waals surface area contributed by atoms with Crippen LogP contribution >= 0.6 is 0 Å². The maximum atomic E-state index is 12.9. The highest BCUT2D eigenvalue weighted by molar-refractivity contribution is 5.79. The van der Waals surface area contributed by atoms with Gasteiger partial charge in [-0.05, 0) is 25.0 Å². The van der Waals surface area contributed by atoms with E-state index < -0.39 is 0 Å². The van der Waals surface area contributed by atoms with Crippen LogP contribution in [0.1, 0.15) is 44.4 Å². The summed E-state index contributed by atoms with van der Waals surface area (Å²) < 4.78 is 0. The van der Waals surface area contributed by atoms with Gasteiger partial charge in [0.15, 0.2) is 0 Å². The smallest absolute Gasteiger partial charge is 0.225 e. The van der Waals surface area contributed by atoms with Crippen LogP contribution in [-0.4, -0.2) is 22.8 Å². The van der Waals surface area contributed by atoms with Crippen LogP contribution in [-0.2, 0) is 16.1 Å². The summed E-state index contributed by atoms with van der Waals surface area (Å²) in [5, 5.41) is 2.90. The molecule has 2 aromatic carbocycles. The first kappa shape index (κ1) is 18.7. The van der Waals surface area contributed by atoms with Crippen molar-refractivity contribution >= 4 is 11.8 Å². The molecular formula is C21H26N2O2. The second-order valence-corrected chi connectivity index (χ2v) is 6.47. The number of carbonyl (C=O) groups is 2. The highest BCUT2D eigenvalue weighted by atomic mass is 16.2. The molecule has 0 aromatic heterocycles. The largest absolute Gasteiger partial charge is 0.349 e. The summed E-state index contributed by atoms with van der Waals surface area (Å²) in [5.74, 6) is -0.109. The van der Waals surface area contributed by atoms with Gasteiger partial charge in [0.2, 0.25) is 11.8 Å². The summed E-state index contributed by atoms with van der Waals surface area (Å²) in [6.07, 6.45) is 0.245. The van der Waals surface area contributed by atoms with E-state index in [-0.39, 0.29) is 30.3 Å². The third kappa shape index (κ3) is 5.75. The van der Waals surface area contributed by atoms with Crippen molar-refractivity contribution in [2.45, 2.75) is 45.8 Å². The molecule has 132 valence electrons. The SMILES string of the molecule is CC(=O)NC(CC(=O)N(Cc1ccccc1)C(C)C)c1ccccc1. The van der Waals surface area contributed by atoms with Gasteiger partial charge in [-0.25, -0.2) is 0 Å². The van der Waals surface area contributed by atoms with Gasteiger partial charge < -0.3 is 10.2 Å². The van der Waals surface area contributed by atoms with Gasteiger partial charge in [0.25, 0.3) is 0 Å². The van der Waals surface area contributed by atoms with Crippen LogP contribution < -0.4 is 5.32 Å². The lowest BCUT2D eigenvalue weighted by Gasteiger charge is -2.29. The fraction of sp³-hybridized carbons (Fsp3) is 0.333. The molecule has 0 fully saturated rings. The topological polar surface area (TPSA) is 49.4 Å². The predicted molar refractivity (Wildman–Crippen MR) is 99.7 cm³/mol. The van der Waals surface area contributed by atoms with Crippen molar-refractivity contribution in [3.8, 4) is 0 Å². The van der Waals surface area contributed by atoms with Crippen LogP contribution in [0.3, 0.4) is 0 Å². The lowest BCUT2D eigenvalue weighted by atomic mass is 10.0. The quantitative estimate of drug-likeness (QED) is 0.837. The number of nitrogens with zero attached hydrogens (tertiary/aromatic N) is 1. The molecule has 1 unspecified atom stereocenters. The summed E-state index contributed by atoms with van der Waals surface area (Å²) in [6, 6.07) is 19.3. The molecule has 0 aliphatic carbocycles. The Balaban J connectivity index is 2.15. The molecule has 0 saturated carbocycles. The van der Waals surface area contributed by atoms with Gasteiger partial charge in [-0.2, -0.15) is 0 Å². The van der Waals surface area contributed by atoms with Crippen molar-refractivity contribution < 1.29 is 9.59 Å². The second-order valence-electron chi connectivity index (χ2n) is 6.47. The molecule has 4 nitrogen and oxygen atoms in total. The van der Waals surface area contributed by atoms with E-state index in [1.807, 2.05) is 79.4 Å². The Bertz CT molecular complexity index is 684. The molecule has 0 radical (unpaired) electrons. The summed E-state index contributed by atoms with van der Waals surface area (Å²) >= 11 is 0. The number of nitrogens with one attached hydrogen (secondary N) is 1. The highest BCUT2D eigenvalue weighted by Crippen LogP contribution is 2.20. The van der Waals surface area contributed by atoms with Crippen molar-refractivity contribution in [2.75, 3.05) is 0 Å². The Morgan fingerprint density at radius 3 is 2.04 bits per heavy atom. The van der Waals surface area contributed by atoms with Crippen molar-refractivity contribution in [3.63, 3.8) is 0 Å². The normalized spacial score (nSPS) is 11.8. The maximum absolute atomic E-state index is 12.9. The van der Waals surface area contributed by atoms with Gasteiger partial charge >= 0.3 is 0 Å². The molecule has 0 heterocycles. The average Bonchev–Trinajstić information content (AvgIpc) is 2.60. The highest BCUT2D eigenvalue weighted by Gasteiger charge is 2.23. The monoisotopic (exact) mass is 338 g/mol. The lowest BCUT2D eigenvalue weighted by Crippen LogP contribution is -2.39. The van der Waals surface area contributed by atoms with Crippen LogP contribution in [0.15, 0.2) is 60.7 Å². The third-order valence-corrected chi connectivity index (χ3v) is 4.10. The van der Waals surface area contributed by atoms with E-state index in [1.165, 1.54) is 6.92 Å². The molecule has 1 atom stereocenters. The molecule has 2 aromatic rings. The van der Waals surface area contributed by atoms with E-state index >= 15 is 0 Å². The van der Waals surface area contributed by atoms with E-state index in [9.17, 15) is 9.59 Å². The van der Waals surface area contributed by atoms with Crippen molar-refractivity contribution in [2.24, 2.45) is 0 Å². The minimum atomic E-state index is -0.316. The predicted octanol–water partition coefficient (Wildman–Crippen LogP) is 3.69. The Morgan fingerprint density at radius 1 is 0.960 bits per heavy atom. The molecule has 0 aliphatic heterocycles. The van der Waals surface area contributed by atoms with E-state index in [0.29, 0.717) is 6.54 Å². The molecule has 25 heavy (non-hydrogen) atoms. The zero-order valence-electron chi connectivity index (χ0n) is 15.1. The van der Waals surface area contributed by atoms with Gasteiger partial charge in [0.05, 0.1) is 12.5 Å². The summed E-state index contributed by atoms with van der Waals surface area (Å²) in [5.41, 5.74) is 2.04. The van der Waals surface area contributed by atoms with E-state index in [1.54, 1.807) is 0 Å². The van der Waals surface area contributed by atoms with Crippen molar-refractivity contribution in [1.82, 2.24) is 10.2 Å². The lowest BCUT2D eigenvalue weighted by molar-refractivity contribution is -0.134. The van der Waals surface area contributed by atoms with Crippen LogP contribution in [0, 0.1) is 0 Å². The minimum absolute atomic E-state index is 0.0291. The van der Waals surface area contributed by atoms with Gasteiger partial charge in [-0.15, -0.1) is 0 Å². The van der Waals surface area contributed by atoms with Gasteiger partial charge in [0, 0.05) is 19.5 Å². The zero-order chi connectivity index (χ0) is 18.2. The molecule has 0 spiro atoms. The molecule has 0 bridgehead atoms. The first-order chi connectivity index (χ1) is 12.0. The Morgan fingerprint density at radius 2 is 1.52 bits per heavy atom. The van der Waals surface area contributed by atoms with Crippen LogP contribution in [0.2, 0.25) is 0 Å². The van der Waals surface area contributed by atoms with Gasteiger partial charge in [-0.3, -0.25) is 9.59 Å². The second kappa shape index (κ2) is 9.02. The number of amides is 2. The van der Waals surface area contributed by atoms with Gasteiger partial charge in [0.1, 0.15) is 0 Å². The van der Waals surface area contributed by atoms with Crippen LogP contribution in [0.25, 0.3) is 0 Å². The number of carbonyl (C=O) groups excluding carboxylic acids is 2. The molecule has 0 saturated heterocycles. The van der Waals surface area contributed by atoms with E-state index in [0.717, 1.165) is 11.1 Å². The van der Waals surface area contributed by atoms with Crippen LogP contribution in [0.4, 0.5) is 0 Å². The Hall–Kier alpha value is -2.62. The molecule has 2 rings (SSSR count). The summed E-state index contributed by atoms with van der Waals surface area (Å²) in [6.45, 7) is 6.07. The summed E-state index contributed by atoms with van der Waals surface area (Å²) in [7, 11) is 0. The van der Waals surface area contributed by atoms with Crippen molar-refractivity contribution in [1.29, 1.82) is 0 Å². The standard InChI is InChI=1S/C21H26N2O2/c1-16(2)23(15-18-10-6-4-7-11-18)21(25)14-20(22-17(3)24)19-12-8-5-9-13-19/h4-13,16,20H,14-15H2,1-3H3,(H,22,24). The Kier molecular flexibility index (Phi) is 6.75. The van der Waals surface area contributed by atoms with E-state index in [2.05, 4.69) is 5.32 Å². The molecule has 2 amide bonds. The fourth-order valence-electron chi connectivity index (χ4n) is 2.81. The minimum Gasteiger partial charge on any atom is -0.349 e. The summed E-state index contributed by atoms with van der Waals surface area (Å²) in [4.78, 5) is 26.4. The fourth-order valence-corrected chi connectivity index (χ4v) is 2.81. The van der Waals surface area contributed by atoms with E-state index in [4.69, 9.17) is 0 Å². The maximum Gasteiger partial charge on any atom is 0.225 e. The molecule has 0 aliphatic rings. The van der Waals surface area contributed by atoms with Crippen LogP contribution in [0.5, 0.6) is 0 Å². The third-order valence-electron chi connectivity index (χ3n) is 4.10. The molecule has 1 N–H and O–H groups in total. The Labute approximate surface area is 149 Å². The number of rotatable bonds is 7. The number of hydrogen-bond donors (Lipinski definition) is 1. The molecule has 4 heteroatoms. The number of benzene rings is 2. The number of hydrogen-bond acceptors (Lipinski definition) is 2. The average molecular weight is 338 g/mol. The zero-order valence-corrected chi connectivity index (χ0v) is 15.1. The van der Waals surface area contributed by atoms with Crippen molar-refractivity contribution in [3.05, 3.63) is 71.8 Å². The first-order valence-electron chi connectivity index (χ1n) is 8.63. The van der Waals surface area contributed by atoms with Gasteiger partial charge in [-0.1, -0.05) is 60.7 Å². The molecular weight excluding hydrogens is 312 g/mol.